The maximum Gasteiger partial charge on any atom is 0.189 e. The summed E-state index contributed by atoms with van der Waals surface area (Å²) in [7, 11) is 0. The monoisotopic (exact) mass is 263 g/mol. The lowest BCUT2D eigenvalue weighted by Crippen LogP contribution is -2.44. The Balaban J connectivity index is 1.74. The van der Waals surface area contributed by atoms with Crippen molar-refractivity contribution in [3.63, 3.8) is 0 Å². The number of nitrogens with one attached hydrogen (secondary N) is 1. The predicted octanol–water partition coefficient (Wildman–Crippen LogP) is 3.05. The second-order valence-electron chi connectivity index (χ2n) is 7.96. The third-order valence-corrected chi connectivity index (χ3v) is 6.17. The lowest BCUT2D eigenvalue weighted by molar-refractivity contribution is 0.142. The Morgan fingerprint density at radius 2 is 1.84 bits per heavy atom. The molecule has 0 aromatic heterocycles. The van der Waals surface area contributed by atoms with E-state index in [2.05, 4.69) is 26.1 Å². The van der Waals surface area contributed by atoms with Crippen LogP contribution in [0.5, 0.6) is 0 Å². The smallest absolute Gasteiger partial charge is 0.189 e. The van der Waals surface area contributed by atoms with Crippen LogP contribution in [0, 0.1) is 16.7 Å². The van der Waals surface area contributed by atoms with Gasteiger partial charge in [0.2, 0.25) is 0 Å². The van der Waals surface area contributed by atoms with Gasteiger partial charge in [0, 0.05) is 6.04 Å². The van der Waals surface area contributed by atoms with Gasteiger partial charge in [-0.05, 0) is 48.9 Å². The number of hydrogen-bond acceptors (Lipinski definition) is 1. The number of hydrogen-bond donors (Lipinski definition) is 2. The van der Waals surface area contributed by atoms with E-state index in [4.69, 9.17) is 10.7 Å². The summed E-state index contributed by atoms with van der Waals surface area (Å²) in [5.41, 5.74) is 6.88. The molecular formula is C16H29N3. The maximum atomic E-state index is 6.18. The molecule has 3 unspecified atom stereocenters. The van der Waals surface area contributed by atoms with Gasteiger partial charge < -0.3 is 11.1 Å². The normalized spacial score (nSPS) is 41.9. The summed E-state index contributed by atoms with van der Waals surface area (Å²) in [6, 6.07) is 0.964. The molecule has 3 aliphatic rings. The quantitative estimate of drug-likeness (QED) is 0.594. The fourth-order valence-corrected chi connectivity index (χ4v) is 5.05. The number of nitrogens with two attached hydrogens (primary N) is 1. The van der Waals surface area contributed by atoms with E-state index in [1.807, 2.05) is 0 Å². The van der Waals surface area contributed by atoms with E-state index in [-0.39, 0.29) is 0 Å². The van der Waals surface area contributed by atoms with Gasteiger partial charge in [-0.3, -0.25) is 0 Å². The number of rotatable bonds is 2. The van der Waals surface area contributed by atoms with Crippen LogP contribution in [-0.2, 0) is 0 Å². The summed E-state index contributed by atoms with van der Waals surface area (Å²) in [4.78, 5) is 4.93. The first-order valence-electron chi connectivity index (χ1n) is 8.02. The van der Waals surface area contributed by atoms with Crippen LogP contribution < -0.4 is 11.1 Å². The first-order valence-corrected chi connectivity index (χ1v) is 8.02. The highest BCUT2D eigenvalue weighted by molar-refractivity contribution is 5.78. The molecule has 0 aliphatic heterocycles. The minimum Gasteiger partial charge on any atom is -0.370 e. The van der Waals surface area contributed by atoms with Crippen molar-refractivity contribution in [1.82, 2.24) is 5.32 Å². The van der Waals surface area contributed by atoms with Crippen molar-refractivity contribution in [3.8, 4) is 0 Å². The van der Waals surface area contributed by atoms with Gasteiger partial charge in [0.15, 0.2) is 5.96 Å². The van der Waals surface area contributed by atoms with Gasteiger partial charge in [0.05, 0.1) is 6.04 Å². The van der Waals surface area contributed by atoms with Crippen molar-refractivity contribution in [3.05, 3.63) is 0 Å². The molecule has 3 heteroatoms. The number of guanidine groups is 1. The molecule has 0 saturated heterocycles. The van der Waals surface area contributed by atoms with E-state index >= 15 is 0 Å². The van der Waals surface area contributed by atoms with Crippen LogP contribution in [0.4, 0.5) is 0 Å². The highest BCUT2D eigenvalue weighted by Crippen LogP contribution is 2.63. The first-order chi connectivity index (χ1) is 8.92. The van der Waals surface area contributed by atoms with Crippen molar-refractivity contribution >= 4 is 5.96 Å². The molecule has 2 bridgehead atoms. The van der Waals surface area contributed by atoms with Gasteiger partial charge in [-0.2, -0.15) is 0 Å². The van der Waals surface area contributed by atoms with Crippen LogP contribution in [0.2, 0.25) is 0 Å². The van der Waals surface area contributed by atoms with Gasteiger partial charge in [-0.25, -0.2) is 4.99 Å². The molecule has 3 aliphatic carbocycles. The molecule has 0 radical (unpaired) electrons. The molecule has 0 heterocycles. The minimum absolute atomic E-state index is 0.314. The standard InChI is InChI=1S/C16H29N3/c1-15(2)11-8-9-16(3,10-11)13(15)19-14(17)18-12-6-4-5-7-12/h11-13H,4-10H2,1-3H3,(H3,17,18,19). The lowest BCUT2D eigenvalue weighted by Gasteiger charge is -2.40. The number of fused-ring (bicyclic) bond motifs is 2. The fraction of sp³-hybridized carbons (Fsp3) is 0.938. The molecule has 0 amide bonds. The van der Waals surface area contributed by atoms with E-state index in [0.717, 1.165) is 5.92 Å². The van der Waals surface area contributed by atoms with Crippen molar-refractivity contribution in [1.29, 1.82) is 0 Å². The highest BCUT2D eigenvalue weighted by Gasteiger charge is 2.59. The van der Waals surface area contributed by atoms with E-state index < -0.39 is 0 Å². The van der Waals surface area contributed by atoms with E-state index in [0.29, 0.717) is 28.9 Å². The Hall–Kier alpha value is -0.730. The molecule has 3 atom stereocenters. The SMILES string of the molecule is CC12CCC(C1)C(C)(C)C2N=C(N)NC1CCCC1. The molecule has 0 aromatic rings. The molecule has 3 rings (SSSR count). The van der Waals surface area contributed by atoms with Crippen LogP contribution in [-0.4, -0.2) is 18.0 Å². The van der Waals surface area contributed by atoms with Crippen LogP contribution in [0.25, 0.3) is 0 Å². The van der Waals surface area contributed by atoms with E-state index in [9.17, 15) is 0 Å². The lowest BCUT2D eigenvalue weighted by atomic mass is 9.69. The third-order valence-electron chi connectivity index (χ3n) is 6.17. The summed E-state index contributed by atoms with van der Waals surface area (Å²) in [6.45, 7) is 7.19. The Bertz CT molecular complexity index is 377. The van der Waals surface area contributed by atoms with Crippen molar-refractivity contribution in [2.75, 3.05) is 0 Å². The summed E-state index contributed by atoms with van der Waals surface area (Å²) in [6.07, 6.45) is 9.22. The Labute approximate surface area is 117 Å². The van der Waals surface area contributed by atoms with Crippen LogP contribution in [0.15, 0.2) is 4.99 Å². The maximum absolute atomic E-state index is 6.18. The van der Waals surface area contributed by atoms with Crippen molar-refractivity contribution in [2.24, 2.45) is 27.5 Å². The average molecular weight is 263 g/mol. The Morgan fingerprint density at radius 3 is 2.42 bits per heavy atom. The zero-order valence-corrected chi connectivity index (χ0v) is 12.7. The second kappa shape index (κ2) is 4.39. The highest BCUT2D eigenvalue weighted by atomic mass is 15.1. The molecule has 0 aromatic carbocycles. The number of aliphatic imine (C=N–C) groups is 1. The van der Waals surface area contributed by atoms with Gasteiger partial charge >= 0.3 is 0 Å². The zero-order chi connectivity index (χ0) is 13.7. The average Bonchev–Trinajstić information content (AvgIpc) is 2.98. The fourth-order valence-electron chi connectivity index (χ4n) is 5.05. The molecule has 108 valence electrons. The van der Waals surface area contributed by atoms with Gasteiger partial charge in [-0.15, -0.1) is 0 Å². The third kappa shape index (κ3) is 2.15. The van der Waals surface area contributed by atoms with E-state index in [1.54, 1.807) is 0 Å². The van der Waals surface area contributed by atoms with Crippen LogP contribution >= 0.6 is 0 Å². The predicted molar refractivity (Wildman–Crippen MR) is 80.0 cm³/mol. The molecule has 19 heavy (non-hydrogen) atoms. The Morgan fingerprint density at radius 1 is 1.16 bits per heavy atom. The number of nitrogens with zero attached hydrogens (tertiary/aromatic N) is 1. The summed E-state index contributed by atoms with van der Waals surface area (Å²) >= 11 is 0. The molecule has 0 spiro atoms. The first kappa shape index (κ1) is 13.3. The molecule has 3 saturated carbocycles. The topological polar surface area (TPSA) is 50.4 Å². The molecule has 3 nitrogen and oxygen atoms in total. The Kier molecular flexibility index (Phi) is 3.06. The zero-order valence-electron chi connectivity index (χ0n) is 12.7. The van der Waals surface area contributed by atoms with Crippen LogP contribution in [0.3, 0.4) is 0 Å². The minimum atomic E-state index is 0.314. The summed E-state index contributed by atoms with van der Waals surface area (Å²) in [5.74, 6) is 1.53. The largest absolute Gasteiger partial charge is 0.370 e. The van der Waals surface area contributed by atoms with Crippen molar-refractivity contribution in [2.45, 2.75) is 77.8 Å². The molecular weight excluding hydrogens is 234 g/mol. The van der Waals surface area contributed by atoms with Gasteiger partial charge in [0.25, 0.3) is 0 Å². The van der Waals surface area contributed by atoms with Gasteiger partial charge in [-0.1, -0.05) is 33.6 Å². The summed E-state index contributed by atoms with van der Waals surface area (Å²) < 4.78 is 0. The van der Waals surface area contributed by atoms with Crippen LogP contribution in [0.1, 0.15) is 65.7 Å². The van der Waals surface area contributed by atoms with Crippen molar-refractivity contribution < 1.29 is 0 Å². The second-order valence-corrected chi connectivity index (χ2v) is 7.96. The van der Waals surface area contributed by atoms with E-state index in [1.165, 1.54) is 44.9 Å². The molecule has 3 N–H and O–H groups in total. The molecule has 3 fully saturated rings. The summed E-state index contributed by atoms with van der Waals surface area (Å²) in [5, 5.41) is 3.45. The van der Waals surface area contributed by atoms with Gasteiger partial charge in [0.1, 0.15) is 0 Å².